The lowest BCUT2D eigenvalue weighted by atomic mass is 9.69. The van der Waals surface area contributed by atoms with Gasteiger partial charge in [0.25, 0.3) is 0 Å². The largest absolute Gasteiger partial charge is 0.375 e. The average Bonchev–Trinajstić information content (AvgIpc) is 2.26. The molecule has 1 aliphatic carbocycles. The monoisotopic (exact) mass is 225 g/mol. The van der Waals surface area contributed by atoms with E-state index in [4.69, 9.17) is 10.5 Å². The number of ketones is 1. The van der Waals surface area contributed by atoms with Gasteiger partial charge >= 0.3 is 0 Å². The van der Waals surface area contributed by atoms with Crippen molar-refractivity contribution in [3.05, 3.63) is 0 Å². The Morgan fingerprint density at radius 2 is 2.25 bits per heavy atom. The second kappa shape index (κ2) is 4.11. The Bertz CT molecular complexity index is 282. The number of Topliss-reactive ketones (excluding diaryl/α,β-unsaturated/α-hetero) is 1. The summed E-state index contributed by atoms with van der Waals surface area (Å²) in [5.74, 6) is 0.369. The standard InChI is InChI=1S/C13H23NO2/c1-3-12(2,14)11(15)10-5-8-16-13(9-10)6-4-7-13/h10H,3-9,14H2,1-2H3. The predicted molar refractivity (Wildman–Crippen MR) is 63.1 cm³/mol. The highest BCUT2D eigenvalue weighted by Gasteiger charge is 2.46. The van der Waals surface area contributed by atoms with E-state index in [0.29, 0.717) is 0 Å². The zero-order chi connectivity index (χ0) is 11.8. The number of ether oxygens (including phenoxy) is 1. The van der Waals surface area contributed by atoms with Crippen molar-refractivity contribution in [2.45, 2.75) is 63.5 Å². The zero-order valence-corrected chi connectivity index (χ0v) is 10.4. The molecule has 2 aliphatic rings. The number of nitrogens with two attached hydrogens (primary N) is 1. The van der Waals surface area contributed by atoms with E-state index in [0.717, 1.165) is 38.7 Å². The van der Waals surface area contributed by atoms with Crippen molar-refractivity contribution < 1.29 is 9.53 Å². The van der Waals surface area contributed by atoms with Crippen molar-refractivity contribution in [1.82, 2.24) is 0 Å². The molecule has 0 aromatic carbocycles. The first-order valence-corrected chi connectivity index (χ1v) is 6.46. The first-order chi connectivity index (χ1) is 7.49. The van der Waals surface area contributed by atoms with E-state index in [-0.39, 0.29) is 17.3 Å². The van der Waals surface area contributed by atoms with Crippen LogP contribution in [0, 0.1) is 5.92 Å². The predicted octanol–water partition coefficient (Wildman–Crippen LogP) is 2.03. The molecule has 0 amide bonds. The Morgan fingerprint density at radius 3 is 2.75 bits per heavy atom. The number of carbonyl (C=O) groups is 1. The maximum absolute atomic E-state index is 12.3. The molecule has 2 unspecified atom stereocenters. The lowest BCUT2D eigenvalue weighted by Gasteiger charge is -2.47. The van der Waals surface area contributed by atoms with Gasteiger partial charge in [-0.05, 0) is 45.4 Å². The van der Waals surface area contributed by atoms with Gasteiger partial charge in [-0.2, -0.15) is 0 Å². The second-order valence-electron chi connectivity index (χ2n) is 5.71. The van der Waals surface area contributed by atoms with Gasteiger partial charge in [-0.25, -0.2) is 0 Å². The lowest BCUT2D eigenvalue weighted by Crippen LogP contribution is -2.53. The average molecular weight is 225 g/mol. The molecule has 1 heterocycles. The molecule has 0 aromatic heterocycles. The van der Waals surface area contributed by atoms with Gasteiger partial charge in [0.1, 0.15) is 0 Å². The molecule has 1 saturated carbocycles. The van der Waals surface area contributed by atoms with Crippen LogP contribution in [0.2, 0.25) is 0 Å². The molecule has 0 aromatic rings. The van der Waals surface area contributed by atoms with E-state index in [1.165, 1.54) is 6.42 Å². The van der Waals surface area contributed by atoms with Crippen molar-refractivity contribution in [2.75, 3.05) is 6.61 Å². The Hall–Kier alpha value is -0.410. The second-order valence-corrected chi connectivity index (χ2v) is 5.71. The van der Waals surface area contributed by atoms with Gasteiger partial charge in [-0.1, -0.05) is 6.92 Å². The van der Waals surface area contributed by atoms with Crippen LogP contribution >= 0.6 is 0 Å². The SMILES string of the molecule is CCC(C)(N)C(=O)C1CCOC2(CCC2)C1. The molecule has 2 fully saturated rings. The minimum absolute atomic E-state index is 0.0440. The summed E-state index contributed by atoms with van der Waals surface area (Å²) in [5.41, 5.74) is 5.45. The number of hydrogen-bond acceptors (Lipinski definition) is 3. The van der Waals surface area contributed by atoms with E-state index in [1.807, 2.05) is 13.8 Å². The highest BCUT2D eigenvalue weighted by molar-refractivity contribution is 5.89. The minimum atomic E-state index is -0.646. The maximum atomic E-state index is 12.3. The molecule has 2 rings (SSSR count). The summed E-state index contributed by atoms with van der Waals surface area (Å²) in [6.45, 7) is 4.57. The normalized spacial score (nSPS) is 31.8. The van der Waals surface area contributed by atoms with Crippen LogP contribution in [0.4, 0.5) is 0 Å². The Balaban J connectivity index is 2.02. The van der Waals surface area contributed by atoms with E-state index in [9.17, 15) is 4.79 Å². The topological polar surface area (TPSA) is 52.3 Å². The molecular formula is C13H23NO2. The molecule has 3 heteroatoms. The first kappa shape index (κ1) is 12.1. The van der Waals surface area contributed by atoms with Gasteiger partial charge < -0.3 is 10.5 Å². The molecule has 3 nitrogen and oxygen atoms in total. The van der Waals surface area contributed by atoms with Crippen molar-refractivity contribution in [1.29, 1.82) is 0 Å². The molecule has 2 N–H and O–H groups in total. The fourth-order valence-electron chi connectivity index (χ4n) is 2.81. The number of rotatable bonds is 3. The molecule has 0 bridgehead atoms. The van der Waals surface area contributed by atoms with Gasteiger partial charge in [0, 0.05) is 12.5 Å². The Labute approximate surface area is 97.7 Å². The molecule has 2 atom stereocenters. The van der Waals surface area contributed by atoms with Gasteiger partial charge in [0.15, 0.2) is 5.78 Å². The summed E-state index contributed by atoms with van der Waals surface area (Å²) in [5, 5.41) is 0. The summed E-state index contributed by atoms with van der Waals surface area (Å²) in [7, 11) is 0. The minimum Gasteiger partial charge on any atom is -0.375 e. The molecule has 1 aliphatic heterocycles. The third-order valence-corrected chi connectivity index (χ3v) is 4.43. The lowest BCUT2D eigenvalue weighted by molar-refractivity contribution is -0.158. The van der Waals surface area contributed by atoms with Crippen molar-refractivity contribution in [3.8, 4) is 0 Å². The van der Waals surface area contributed by atoms with Crippen molar-refractivity contribution in [3.63, 3.8) is 0 Å². The third kappa shape index (κ3) is 2.03. The van der Waals surface area contributed by atoms with Crippen LogP contribution in [0.5, 0.6) is 0 Å². The third-order valence-electron chi connectivity index (χ3n) is 4.43. The zero-order valence-electron chi connectivity index (χ0n) is 10.4. The first-order valence-electron chi connectivity index (χ1n) is 6.46. The van der Waals surface area contributed by atoms with E-state index in [1.54, 1.807) is 0 Å². The quantitative estimate of drug-likeness (QED) is 0.799. The molecular weight excluding hydrogens is 202 g/mol. The summed E-state index contributed by atoms with van der Waals surface area (Å²) >= 11 is 0. The van der Waals surface area contributed by atoms with Crippen molar-refractivity contribution in [2.24, 2.45) is 11.7 Å². The van der Waals surface area contributed by atoms with Crippen LogP contribution in [0.25, 0.3) is 0 Å². The summed E-state index contributed by atoms with van der Waals surface area (Å²) < 4.78 is 5.84. The Kier molecular flexibility index (Phi) is 3.10. The van der Waals surface area contributed by atoms with Crippen LogP contribution in [-0.2, 0) is 9.53 Å². The van der Waals surface area contributed by atoms with Crippen LogP contribution in [0.15, 0.2) is 0 Å². The summed E-state index contributed by atoms with van der Waals surface area (Å²) in [4.78, 5) is 12.3. The van der Waals surface area contributed by atoms with Gasteiger partial charge in [0.05, 0.1) is 11.1 Å². The van der Waals surface area contributed by atoms with Crippen LogP contribution < -0.4 is 5.73 Å². The van der Waals surface area contributed by atoms with E-state index >= 15 is 0 Å². The number of carbonyl (C=O) groups excluding carboxylic acids is 1. The van der Waals surface area contributed by atoms with E-state index in [2.05, 4.69) is 0 Å². The molecule has 0 radical (unpaired) electrons. The van der Waals surface area contributed by atoms with E-state index < -0.39 is 5.54 Å². The molecule has 1 spiro atoms. The van der Waals surface area contributed by atoms with Crippen molar-refractivity contribution >= 4 is 5.78 Å². The van der Waals surface area contributed by atoms with Gasteiger partial charge in [-0.15, -0.1) is 0 Å². The summed E-state index contributed by atoms with van der Waals surface area (Å²) in [6, 6.07) is 0. The van der Waals surface area contributed by atoms with Crippen LogP contribution in [-0.4, -0.2) is 23.5 Å². The highest BCUT2D eigenvalue weighted by atomic mass is 16.5. The fourth-order valence-corrected chi connectivity index (χ4v) is 2.81. The molecule has 1 saturated heterocycles. The highest BCUT2D eigenvalue weighted by Crippen LogP contribution is 2.45. The molecule has 92 valence electrons. The van der Waals surface area contributed by atoms with Gasteiger partial charge in [-0.3, -0.25) is 4.79 Å². The van der Waals surface area contributed by atoms with Crippen LogP contribution in [0.3, 0.4) is 0 Å². The maximum Gasteiger partial charge on any atom is 0.155 e. The molecule has 16 heavy (non-hydrogen) atoms. The summed E-state index contributed by atoms with van der Waals surface area (Å²) in [6.07, 6.45) is 5.98. The fraction of sp³-hybridized carbons (Fsp3) is 0.923. The van der Waals surface area contributed by atoms with Crippen LogP contribution in [0.1, 0.15) is 52.4 Å². The smallest absolute Gasteiger partial charge is 0.155 e. The Morgan fingerprint density at radius 1 is 1.56 bits per heavy atom. The number of hydrogen-bond donors (Lipinski definition) is 1. The van der Waals surface area contributed by atoms with Gasteiger partial charge in [0.2, 0.25) is 0 Å².